The maximum Gasteiger partial charge on any atom is 0.241 e. The van der Waals surface area contributed by atoms with Crippen LogP contribution in [0.1, 0.15) is 68.0 Å². The third-order valence-electron chi connectivity index (χ3n) is 17.6. The predicted molar refractivity (Wildman–Crippen MR) is 306 cm³/mol. The van der Waals surface area contributed by atoms with Gasteiger partial charge >= 0.3 is 0 Å². The molecule has 10 rings (SSSR count). The van der Waals surface area contributed by atoms with Crippen LogP contribution in [0.25, 0.3) is 0 Å². The van der Waals surface area contributed by atoms with Gasteiger partial charge in [-0.05, 0) is 117 Å². The number of fused-ring (bicyclic) bond motifs is 2. The fourth-order valence-electron chi connectivity index (χ4n) is 12.7. The number of nitrogens with one attached hydrogen (secondary N) is 4. The molecular formula is C62H80F2N10O6. The van der Waals surface area contributed by atoms with Gasteiger partial charge in [-0.3, -0.25) is 38.8 Å². The molecule has 6 aliphatic rings. The largest absolute Gasteiger partial charge is 0.386 e. The lowest BCUT2D eigenvalue weighted by atomic mass is 9.82. The lowest BCUT2D eigenvalue weighted by molar-refractivity contribution is -0.128. The first kappa shape index (κ1) is 57.1. The Bertz CT molecular complexity index is 2910. The maximum absolute atomic E-state index is 14.8. The Morgan fingerprint density at radius 3 is 1.55 bits per heavy atom. The highest BCUT2D eigenvalue weighted by Crippen LogP contribution is 2.44. The van der Waals surface area contributed by atoms with Crippen LogP contribution in [0.4, 0.5) is 20.2 Å². The second-order valence-electron chi connectivity index (χ2n) is 23.7. The number of carbonyl (C=O) groups excluding carboxylic acids is 4. The number of ether oxygens (including phenoxy) is 2. The van der Waals surface area contributed by atoms with Gasteiger partial charge in [-0.2, -0.15) is 0 Å². The molecule has 428 valence electrons. The van der Waals surface area contributed by atoms with Crippen LogP contribution in [0.2, 0.25) is 0 Å². The van der Waals surface area contributed by atoms with Gasteiger partial charge in [-0.1, -0.05) is 55.1 Å². The van der Waals surface area contributed by atoms with Gasteiger partial charge in [0.15, 0.2) is 0 Å². The van der Waals surface area contributed by atoms with E-state index < -0.39 is 10.8 Å². The van der Waals surface area contributed by atoms with Crippen molar-refractivity contribution >= 4 is 35.0 Å². The van der Waals surface area contributed by atoms with E-state index in [1.165, 1.54) is 24.3 Å². The van der Waals surface area contributed by atoms with E-state index in [0.717, 1.165) is 71.8 Å². The molecule has 16 nitrogen and oxygen atoms in total. The summed E-state index contributed by atoms with van der Waals surface area (Å²) in [5.74, 6) is -1.41. The molecule has 0 aromatic heterocycles. The van der Waals surface area contributed by atoms with Gasteiger partial charge in [-0.25, -0.2) is 8.78 Å². The summed E-state index contributed by atoms with van der Waals surface area (Å²) in [5, 5.41) is 13.3. The topological polar surface area (TPSA) is 154 Å². The molecule has 0 spiro atoms. The molecule has 4 aromatic carbocycles. The van der Waals surface area contributed by atoms with Crippen molar-refractivity contribution in [3.05, 3.63) is 142 Å². The number of benzene rings is 4. The van der Waals surface area contributed by atoms with E-state index >= 15 is 0 Å². The maximum atomic E-state index is 14.8. The number of morpholine rings is 2. The van der Waals surface area contributed by atoms with Gasteiger partial charge in [-0.15, -0.1) is 0 Å². The van der Waals surface area contributed by atoms with E-state index in [1.54, 1.807) is 34.1 Å². The zero-order valence-electron chi connectivity index (χ0n) is 47.2. The van der Waals surface area contributed by atoms with E-state index in [2.05, 4.69) is 68.2 Å². The predicted octanol–water partition coefficient (Wildman–Crippen LogP) is 4.18. The average molecular weight is 1100 g/mol. The van der Waals surface area contributed by atoms with Crippen LogP contribution in [0, 0.1) is 11.6 Å². The summed E-state index contributed by atoms with van der Waals surface area (Å²) in [6.45, 7) is 23.7. The highest BCUT2D eigenvalue weighted by atomic mass is 19.1. The molecule has 4 amide bonds. The SMILES string of the molecule is C=C1CN(CC(=O)N2CC(C)(C(=O)NCCNC(=O)C3(C)CN(C(=O)CN4CC(C)NC[C@@H]4CN4CCOC[C@H]4C)c4cc(Cc5ccc(F)cc5)ccc43)c3ccc(Cc4ccc(F)cc4)cc32)[C@@H](CN2CCOC[C@H]2C)CN1. The first-order valence-electron chi connectivity index (χ1n) is 28.6. The molecule has 3 unspecified atom stereocenters. The van der Waals surface area contributed by atoms with E-state index in [-0.39, 0.29) is 105 Å². The molecule has 80 heavy (non-hydrogen) atoms. The molecule has 4 aromatic rings. The number of hydrogen-bond donors (Lipinski definition) is 4. The van der Waals surface area contributed by atoms with Gasteiger partial charge in [0.1, 0.15) is 11.6 Å². The van der Waals surface area contributed by atoms with Crippen molar-refractivity contribution in [2.75, 3.05) is 128 Å². The Balaban J connectivity index is 0.836. The summed E-state index contributed by atoms with van der Waals surface area (Å²) in [6.07, 6.45) is 1.02. The Morgan fingerprint density at radius 1 is 0.625 bits per heavy atom. The van der Waals surface area contributed by atoms with Crippen molar-refractivity contribution < 1.29 is 37.4 Å². The molecule has 4 N–H and O–H groups in total. The van der Waals surface area contributed by atoms with Gasteiger partial charge in [0.05, 0.1) is 50.3 Å². The lowest BCUT2D eigenvalue weighted by Crippen LogP contribution is -2.62. The monoisotopic (exact) mass is 1100 g/mol. The number of piperazine rings is 2. The first-order valence-corrected chi connectivity index (χ1v) is 28.6. The number of rotatable bonds is 17. The van der Waals surface area contributed by atoms with Gasteiger partial charge < -0.3 is 40.5 Å². The first-order chi connectivity index (χ1) is 38.4. The van der Waals surface area contributed by atoms with Crippen LogP contribution in [-0.2, 0) is 52.3 Å². The molecule has 18 heteroatoms. The van der Waals surface area contributed by atoms with Gasteiger partial charge in [0.2, 0.25) is 23.6 Å². The molecule has 4 fully saturated rings. The Kier molecular flexibility index (Phi) is 17.5. The highest BCUT2D eigenvalue weighted by Gasteiger charge is 2.49. The Labute approximate surface area is 470 Å². The fraction of sp³-hybridized carbons (Fsp3) is 0.516. The summed E-state index contributed by atoms with van der Waals surface area (Å²) in [5.41, 5.74) is 5.06. The third kappa shape index (κ3) is 12.7. The summed E-state index contributed by atoms with van der Waals surface area (Å²) < 4.78 is 39.3. The summed E-state index contributed by atoms with van der Waals surface area (Å²) in [4.78, 5) is 71.8. The van der Waals surface area contributed by atoms with E-state index in [0.29, 0.717) is 70.3 Å². The van der Waals surface area contributed by atoms with E-state index in [9.17, 15) is 28.0 Å². The lowest BCUT2D eigenvalue weighted by Gasteiger charge is -2.43. The third-order valence-corrected chi connectivity index (χ3v) is 17.6. The summed E-state index contributed by atoms with van der Waals surface area (Å²) >= 11 is 0. The van der Waals surface area contributed by atoms with Crippen LogP contribution >= 0.6 is 0 Å². The Hall–Kier alpha value is -6.12. The van der Waals surface area contributed by atoms with Crippen LogP contribution in [0.5, 0.6) is 0 Å². The fourth-order valence-corrected chi connectivity index (χ4v) is 12.7. The zero-order chi connectivity index (χ0) is 56.3. The number of carbonyl (C=O) groups is 4. The molecule has 6 heterocycles. The summed E-state index contributed by atoms with van der Waals surface area (Å²) in [6, 6.07) is 25.4. The minimum atomic E-state index is -1.14. The molecule has 0 aliphatic carbocycles. The average Bonchev–Trinajstić information content (AvgIpc) is 3.95. The standard InChI is InChI=1S/C62H80F2N10O6/c1-41-31-71(51(29-67-41)33-69-21-23-79-37-43(69)3)35-57(75)73-39-61(5,53-17-11-47(27-55(53)73)25-45-7-13-49(63)14-8-45)59(77)65-19-20-66-60(78)62(6)40-74(56-28-48(12-18-54(56)62)26-46-9-15-50(64)16-10-46)58(76)36-72-32-42(2)68-30-52(72)34-70-22-24-80-38-44(70)4/h7-18,27-28,42-44,51-52,67-68H,1,19-26,29-40H2,2-6H3,(H,65,77)(H,66,78)/t42?,43-,44-,51-,52-,61?,62?/m1/s1. The molecule has 4 saturated heterocycles. The van der Waals surface area contributed by atoms with Crippen molar-refractivity contribution in [1.82, 2.24) is 40.9 Å². The van der Waals surface area contributed by atoms with Gasteiger partial charge in [0.25, 0.3) is 0 Å². The van der Waals surface area contributed by atoms with Crippen LogP contribution in [-0.4, -0.2) is 191 Å². The quantitative estimate of drug-likeness (QED) is 0.112. The molecule has 7 atom stereocenters. The number of nitrogens with zero attached hydrogens (tertiary/aromatic N) is 6. The number of halogens is 2. The number of anilines is 2. The van der Waals surface area contributed by atoms with E-state index in [4.69, 9.17) is 9.47 Å². The highest BCUT2D eigenvalue weighted by molar-refractivity contribution is 6.04. The normalized spacial score (nSPS) is 26.6. The van der Waals surface area contributed by atoms with Crippen molar-refractivity contribution in [2.24, 2.45) is 0 Å². The second kappa shape index (κ2) is 24.5. The van der Waals surface area contributed by atoms with Gasteiger partial charge in [0, 0.05) is 126 Å². The number of amides is 4. The minimum absolute atomic E-state index is 0.0411. The van der Waals surface area contributed by atoms with Crippen molar-refractivity contribution in [3.63, 3.8) is 0 Å². The minimum Gasteiger partial charge on any atom is -0.386 e. The van der Waals surface area contributed by atoms with Crippen molar-refractivity contribution in [3.8, 4) is 0 Å². The molecule has 0 saturated carbocycles. The van der Waals surface area contributed by atoms with Crippen molar-refractivity contribution in [1.29, 1.82) is 0 Å². The Morgan fingerprint density at radius 2 is 1.07 bits per heavy atom. The molecule has 0 radical (unpaired) electrons. The smallest absolute Gasteiger partial charge is 0.241 e. The molecule has 0 bridgehead atoms. The second-order valence-corrected chi connectivity index (χ2v) is 23.7. The zero-order valence-corrected chi connectivity index (χ0v) is 47.2. The molecular weight excluding hydrogens is 1020 g/mol. The van der Waals surface area contributed by atoms with E-state index in [1.807, 2.05) is 50.2 Å². The van der Waals surface area contributed by atoms with Crippen LogP contribution in [0.3, 0.4) is 0 Å². The van der Waals surface area contributed by atoms with Crippen molar-refractivity contribution in [2.45, 2.75) is 88.5 Å². The van der Waals surface area contributed by atoms with Crippen LogP contribution < -0.4 is 31.1 Å². The number of hydrogen-bond acceptors (Lipinski definition) is 12. The molecule has 6 aliphatic heterocycles. The summed E-state index contributed by atoms with van der Waals surface area (Å²) in [7, 11) is 0. The van der Waals surface area contributed by atoms with Crippen LogP contribution in [0.15, 0.2) is 97.2 Å².